The van der Waals surface area contributed by atoms with Crippen LogP contribution in [0.15, 0.2) is 17.5 Å². The van der Waals surface area contributed by atoms with Crippen LogP contribution in [0.4, 0.5) is 0 Å². The van der Waals surface area contributed by atoms with Crippen molar-refractivity contribution in [3.63, 3.8) is 0 Å². The number of carbonyl (C=O) groups excluding carboxylic acids is 1. The molecular formula is C12H21N5O2. The van der Waals surface area contributed by atoms with Gasteiger partial charge in [0.2, 0.25) is 5.91 Å². The van der Waals surface area contributed by atoms with Crippen molar-refractivity contribution in [2.75, 3.05) is 7.05 Å². The smallest absolute Gasteiger partial charge is 0.233 e. The molecule has 1 heterocycles. The van der Waals surface area contributed by atoms with E-state index >= 15 is 0 Å². The monoisotopic (exact) mass is 267 g/mol. The van der Waals surface area contributed by atoms with Crippen LogP contribution in [0.1, 0.15) is 25.3 Å². The van der Waals surface area contributed by atoms with Crippen LogP contribution in [0.25, 0.3) is 0 Å². The van der Waals surface area contributed by atoms with Crippen LogP contribution >= 0.6 is 0 Å². The zero-order valence-corrected chi connectivity index (χ0v) is 11.6. The molecule has 0 fully saturated rings. The second-order valence-electron chi connectivity index (χ2n) is 4.58. The average molecular weight is 267 g/mol. The Balaban J connectivity index is 2.73. The van der Waals surface area contributed by atoms with Crippen LogP contribution in [0, 0.1) is 5.92 Å². The first-order chi connectivity index (χ1) is 8.99. The van der Waals surface area contributed by atoms with Gasteiger partial charge in [-0.2, -0.15) is 5.10 Å². The third-order valence-corrected chi connectivity index (χ3v) is 2.90. The fourth-order valence-corrected chi connectivity index (χ4v) is 1.93. The van der Waals surface area contributed by atoms with E-state index in [1.54, 1.807) is 22.8 Å². The van der Waals surface area contributed by atoms with Crippen molar-refractivity contribution in [2.45, 2.75) is 26.3 Å². The Kier molecular flexibility index (Phi) is 5.35. The molecule has 1 amide bonds. The molecule has 7 nitrogen and oxygen atoms in total. The standard InChI is InChI=1S/C12H21N5O2/c1-4-5-10(11(13)15-19)12(18)16(2)7-9-6-14-17(3)8-9/h6,8,10,19H,4-5,7H2,1-3H3,(H2,13,15). The van der Waals surface area contributed by atoms with Gasteiger partial charge >= 0.3 is 0 Å². The number of nitrogens with zero attached hydrogens (tertiary/aromatic N) is 4. The summed E-state index contributed by atoms with van der Waals surface area (Å²) in [6.07, 6.45) is 4.91. The van der Waals surface area contributed by atoms with E-state index < -0.39 is 5.92 Å². The molecule has 0 aliphatic rings. The highest BCUT2D eigenvalue weighted by molar-refractivity contribution is 6.01. The molecule has 1 aromatic heterocycles. The topological polar surface area (TPSA) is 96.7 Å². The summed E-state index contributed by atoms with van der Waals surface area (Å²) in [6.45, 7) is 2.40. The molecule has 1 unspecified atom stereocenters. The van der Waals surface area contributed by atoms with Gasteiger partial charge in [0, 0.05) is 32.4 Å². The van der Waals surface area contributed by atoms with Gasteiger partial charge < -0.3 is 15.8 Å². The molecule has 0 spiro atoms. The fourth-order valence-electron chi connectivity index (χ4n) is 1.93. The number of amides is 1. The summed E-state index contributed by atoms with van der Waals surface area (Å²) in [5.41, 5.74) is 6.51. The molecule has 7 heteroatoms. The van der Waals surface area contributed by atoms with Gasteiger partial charge in [-0.1, -0.05) is 18.5 Å². The molecule has 1 rings (SSSR count). The number of hydrogen-bond donors (Lipinski definition) is 2. The maximum atomic E-state index is 12.3. The highest BCUT2D eigenvalue weighted by atomic mass is 16.4. The first-order valence-corrected chi connectivity index (χ1v) is 6.19. The predicted octanol–water partition coefficient (Wildman–Crippen LogP) is 0.541. The fraction of sp³-hybridized carbons (Fsp3) is 0.583. The Morgan fingerprint density at radius 1 is 1.68 bits per heavy atom. The number of hydrogen-bond acceptors (Lipinski definition) is 4. The molecule has 0 bridgehead atoms. The van der Waals surface area contributed by atoms with Crippen molar-refractivity contribution in [1.29, 1.82) is 0 Å². The van der Waals surface area contributed by atoms with Crippen LogP contribution in [0.3, 0.4) is 0 Å². The summed E-state index contributed by atoms with van der Waals surface area (Å²) in [6, 6.07) is 0. The van der Waals surface area contributed by atoms with Crippen LogP contribution in [-0.4, -0.2) is 38.7 Å². The highest BCUT2D eigenvalue weighted by Gasteiger charge is 2.25. The molecule has 19 heavy (non-hydrogen) atoms. The summed E-state index contributed by atoms with van der Waals surface area (Å²) >= 11 is 0. The number of nitrogens with two attached hydrogens (primary N) is 1. The van der Waals surface area contributed by atoms with E-state index in [9.17, 15) is 4.79 Å². The lowest BCUT2D eigenvalue weighted by molar-refractivity contribution is -0.132. The van der Waals surface area contributed by atoms with Gasteiger partial charge in [0.05, 0.1) is 12.1 Å². The van der Waals surface area contributed by atoms with E-state index in [1.165, 1.54) is 0 Å². The molecular weight excluding hydrogens is 246 g/mol. The lowest BCUT2D eigenvalue weighted by Crippen LogP contribution is -2.39. The van der Waals surface area contributed by atoms with Crippen molar-refractivity contribution in [3.05, 3.63) is 18.0 Å². The molecule has 0 aliphatic carbocycles. The molecule has 1 aromatic rings. The maximum Gasteiger partial charge on any atom is 0.233 e. The zero-order chi connectivity index (χ0) is 14.4. The molecule has 0 saturated carbocycles. The van der Waals surface area contributed by atoms with E-state index in [2.05, 4.69) is 10.3 Å². The van der Waals surface area contributed by atoms with E-state index in [1.807, 2.05) is 20.2 Å². The number of rotatable bonds is 6. The van der Waals surface area contributed by atoms with E-state index in [0.29, 0.717) is 13.0 Å². The lowest BCUT2D eigenvalue weighted by atomic mass is 10.0. The lowest BCUT2D eigenvalue weighted by Gasteiger charge is -2.22. The molecule has 0 aromatic carbocycles. The highest BCUT2D eigenvalue weighted by Crippen LogP contribution is 2.12. The van der Waals surface area contributed by atoms with Crippen molar-refractivity contribution in [1.82, 2.24) is 14.7 Å². The Morgan fingerprint density at radius 2 is 2.37 bits per heavy atom. The van der Waals surface area contributed by atoms with Crippen LogP contribution in [0.5, 0.6) is 0 Å². The molecule has 3 N–H and O–H groups in total. The number of carbonyl (C=O) groups is 1. The quantitative estimate of drug-likeness (QED) is 0.340. The minimum atomic E-state index is -0.573. The third-order valence-electron chi connectivity index (χ3n) is 2.90. The van der Waals surface area contributed by atoms with Crippen molar-refractivity contribution in [2.24, 2.45) is 23.9 Å². The number of oxime groups is 1. The Bertz CT molecular complexity index is 455. The van der Waals surface area contributed by atoms with Gasteiger partial charge in [-0.3, -0.25) is 9.48 Å². The molecule has 0 aliphatic heterocycles. The van der Waals surface area contributed by atoms with Crippen LogP contribution < -0.4 is 5.73 Å². The summed E-state index contributed by atoms with van der Waals surface area (Å²) in [4.78, 5) is 13.8. The summed E-state index contributed by atoms with van der Waals surface area (Å²) in [5, 5.41) is 15.7. The van der Waals surface area contributed by atoms with Crippen LogP contribution in [-0.2, 0) is 18.4 Å². The van der Waals surface area contributed by atoms with Gasteiger partial charge in [-0.25, -0.2) is 0 Å². The largest absolute Gasteiger partial charge is 0.409 e. The Labute approximate surface area is 112 Å². The van der Waals surface area contributed by atoms with Gasteiger partial charge in [0.15, 0.2) is 5.84 Å². The Morgan fingerprint density at radius 3 is 2.84 bits per heavy atom. The first-order valence-electron chi connectivity index (χ1n) is 6.19. The number of amidine groups is 1. The molecule has 0 saturated heterocycles. The van der Waals surface area contributed by atoms with Crippen molar-refractivity contribution >= 4 is 11.7 Å². The summed E-state index contributed by atoms with van der Waals surface area (Å²) in [5.74, 6) is -0.762. The second-order valence-corrected chi connectivity index (χ2v) is 4.58. The van der Waals surface area contributed by atoms with Crippen LogP contribution in [0.2, 0.25) is 0 Å². The van der Waals surface area contributed by atoms with E-state index in [-0.39, 0.29) is 11.7 Å². The first kappa shape index (κ1) is 15.0. The minimum absolute atomic E-state index is 0.0371. The normalized spacial score (nSPS) is 13.3. The van der Waals surface area contributed by atoms with E-state index in [0.717, 1.165) is 12.0 Å². The maximum absolute atomic E-state index is 12.3. The molecule has 1 atom stereocenters. The predicted molar refractivity (Wildman–Crippen MR) is 71.5 cm³/mol. The van der Waals surface area contributed by atoms with Gasteiger partial charge in [-0.15, -0.1) is 0 Å². The van der Waals surface area contributed by atoms with Gasteiger partial charge in [0.25, 0.3) is 0 Å². The summed E-state index contributed by atoms with van der Waals surface area (Å²) < 4.78 is 1.68. The van der Waals surface area contributed by atoms with Crippen molar-refractivity contribution < 1.29 is 10.0 Å². The minimum Gasteiger partial charge on any atom is -0.409 e. The third kappa shape index (κ3) is 3.97. The Hall–Kier alpha value is -2.05. The average Bonchev–Trinajstić information content (AvgIpc) is 2.79. The van der Waals surface area contributed by atoms with E-state index in [4.69, 9.17) is 10.9 Å². The number of aromatic nitrogens is 2. The molecule has 106 valence electrons. The van der Waals surface area contributed by atoms with Crippen molar-refractivity contribution in [3.8, 4) is 0 Å². The number of aryl methyl sites for hydroxylation is 1. The molecule has 0 radical (unpaired) electrons. The summed E-state index contributed by atoms with van der Waals surface area (Å²) in [7, 11) is 3.52. The SMILES string of the molecule is CCCC(C(=O)N(C)Cc1cnn(C)c1)C(N)=NO. The van der Waals surface area contributed by atoms with Gasteiger partial charge in [-0.05, 0) is 6.42 Å². The second kappa shape index (κ2) is 6.77. The zero-order valence-electron chi connectivity index (χ0n) is 11.6. The van der Waals surface area contributed by atoms with Gasteiger partial charge in [0.1, 0.15) is 0 Å².